The number of nitrogens with zero attached hydrogens (tertiary/aromatic N) is 1. The number of fused-ring (bicyclic) bond motifs is 2. The minimum atomic E-state index is -0.545. The number of aromatic nitrogens is 2. The summed E-state index contributed by atoms with van der Waals surface area (Å²) < 4.78 is 16.8. The Kier molecular flexibility index (Phi) is 4.07. The number of H-pyrrole nitrogens is 1. The van der Waals surface area contributed by atoms with Crippen molar-refractivity contribution >= 4 is 22.2 Å². The van der Waals surface area contributed by atoms with Crippen molar-refractivity contribution in [1.29, 1.82) is 0 Å². The highest BCUT2D eigenvalue weighted by molar-refractivity contribution is 7.15. The van der Waals surface area contributed by atoms with E-state index in [1.165, 1.54) is 10.9 Å². The van der Waals surface area contributed by atoms with Crippen LogP contribution in [0.5, 0.6) is 0 Å². The molecular formula is C21H21FN2O3S. The van der Waals surface area contributed by atoms with Crippen LogP contribution in [0.15, 0.2) is 21.7 Å². The van der Waals surface area contributed by atoms with Gasteiger partial charge in [-0.2, -0.15) is 0 Å². The van der Waals surface area contributed by atoms with Gasteiger partial charge in [0.25, 0.3) is 5.56 Å². The average molecular weight is 400 g/mol. The average Bonchev–Trinajstić information content (AvgIpc) is 3.40. The first-order valence-electron chi connectivity index (χ1n) is 9.71. The van der Waals surface area contributed by atoms with E-state index in [-0.39, 0.29) is 24.0 Å². The van der Waals surface area contributed by atoms with Gasteiger partial charge in [-0.3, -0.25) is 14.3 Å². The largest absolute Gasteiger partial charge is 0.396 e. The van der Waals surface area contributed by atoms with Crippen molar-refractivity contribution in [3.05, 3.63) is 54.8 Å². The lowest BCUT2D eigenvalue weighted by molar-refractivity contribution is 0.253. The third kappa shape index (κ3) is 2.60. The Balaban J connectivity index is 1.80. The van der Waals surface area contributed by atoms with E-state index in [0.717, 1.165) is 42.5 Å². The number of aliphatic hydroxyl groups excluding tert-OH is 1. The lowest BCUT2D eigenvalue weighted by Gasteiger charge is -2.19. The van der Waals surface area contributed by atoms with Crippen LogP contribution in [-0.2, 0) is 6.42 Å². The first-order valence-corrected chi connectivity index (χ1v) is 10.5. The summed E-state index contributed by atoms with van der Waals surface area (Å²) in [6.45, 7) is 1.89. The van der Waals surface area contributed by atoms with Crippen LogP contribution in [0.25, 0.3) is 21.3 Å². The molecule has 0 radical (unpaired) electrons. The fourth-order valence-electron chi connectivity index (χ4n) is 4.52. The van der Waals surface area contributed by atoms with E-state index in [4.69, 9.17) is 0 Å². The predicted molar refractivity (Wildman–Crippen MR) is 108 cm³/mol. The van der Waals surface area contributed by atoms with E-state index in [9.17, 15) is 14.7 Å². The summed E-state index contributed by atoms with van der Waals surface area (Å²) >= 11 is 1.56. The van der Waals surface area contributed by atoms with Crippen LogP contribution in [-0.4, -0.2) is 21.3 Å². The van der Waals surface area contributed by atoms with Gasteiger partial charge in [0.1, 0.15) is 5.82 Å². The number of thiophene rings is 1. The second kappa shape index (κ2) is 6.39. The Bertz CT molecular complexity index is 1220. The molecule has 1 fully saturated rings. The molecule has 1 unspecified atom stereocenters. The highest BCUT2D eigenvalue weighted by Gasteiger charge is 2.30. The van der Waals surface area contributed by atoms with Gasteiger partial charge in [0.2, 0.25) is 0 Å². The van der Waals surface area contributed by atoms with Gasteiger partial charge in [-0.25, -0.2) is 9.18 Å². The van der Waals surface area contributed by atoms with E-state index in [0.29, 0.717) is 16.6 Å². The van der Waals surface area contributed by atoms with E-state index < -0.39 is 17.1 Å². The smallest absolute Gasteiger partial charge is 0.329 e. The standard InChI is InChI=1S/C21H21FN2O3S/c1-10-18(17-8-13-11(9-25)3-2-4-16(13)28-17)15(22)7-14-19(10)24(12-5-6-12)21(27)23-20(14)26/h7-8,11-12,25H,2-6,9H2,1H3,(H,23,26,27). The molecular weight excluding hydrogens is 379 g/mol. The Morgan fingerprint density at radius 3 is 2.79 bits per heavy atom. The summed E-state index contributed by atoms with van der Waals surface area (Å²) in [5.74, 6) is -0.347. The van der Waals surface area contributed by atoms with Crippen LogP contribution in [0.4, 0.5) is 4.39 Å². The van der Waals surface area contributed by atoms with Crippen LogP contribution in [0.3, 0.4) is 0 Å². The van der Waals surface area contributed by atoms with Crippen LogP contribution < -0.4 is 11.2 Å². The predicted octanol–water partition coefficient (Wildman–Crippen LogP) is 3.61. The summed E-state index contributed by atoms with van der Waals surface area (Å²) in [7, 11) is 0. The molecule has 1 aromatic carbocycles. The van der Waals surface area contributed by atoms with Gasteiger partial charge in [0.15, 0.2) is 0 Å². The first-order chi connectivity index (χ1) is 13.5. The van der Waals surface area contributed by atoms with Crippen molar-refractivity contribution in [1.82, 2.24) is 9.55 Å². The summed E-state index contributed by atoms with van der Waals surface area (Å²) in [4.78, 5) is 29.1. The molecule has 5 nitrogen and oxygen atoms in total. The lowest BCUT2D eigenvalue weighted by atomic mass is 9.88. The van der Waals surface area contributed by atoms with Crippen LogP contribution in [0.2, 0.25) is 0 Å². The third-order valence-corrected chi connectivity index (χ3v) is 7.26. The first kappa shape index (κ1) is 17.8. The number of aliphatic hydroxyl groups is 1. The Morgan fingerprint density at radius 1 is 1.29 bits per heavy atom. The van der Waals surface area contributed by atoms with E-state index >= 15 is 4.39 Å². The van der Waals surface area contributed by atoms with Crippen LogP contribution >= 0.6 is 11.3 Å². The molecule has 0 amide bonds. The maximum Gasteiger partial charge on any atom is 0.329 e. The molecule has 2 N–H and O–H groups in total. The summed E-state index contributed by atoms with van der Waals surface area (Å²) in [6.07, 6.45) is 4.68. The second-order valence-corrected chi connectivity index (χ2v) is 9.01. The van der Waals surface area contributed by atoms with Gasteiger partial charge in [-0.05, 0) is 62.3 Å². The number of aromatic amines is 1. The number of hydrogen-bond donors (Lipinski definition) is 2. The molecule has 5 rings (SSSR count). The maximum atomic E-state index is 15.2. The summed E-state index contributed by atoms with van der Waals surface area (Å²) in [6, 6.07) is 3.32. The molecule has 1 saturated carbocycles. The van der Waals surface area contributed by atoms with Gasteiger partial charge in [-0.15, -0.1) is 11.3 Å². The van der Waals surface area contributed by atoms with Crippen LogP contribution in [0, 0.1) is 12.7 Å². The summed E-state index contributed by atoms with van der Waals surface area (Å²) in [5.41, 5.74) is 1.77. The fraction of sp³-hybridized carbons (Fsp3) is 0.429. The molecule has 146 valence electrons. The molecule has 2 aliphatic carbocycles. The molecule has 28 heavy (non-hydrogen) atoms. The zero-order valence-electron chi connectivity index (χ0n) is 15.5. The van der Waals surface area contributed by atoms with Crippen molar-refractivity contribution in [3.8, 4) is 10.4 Å². The molecule has 0 saturated heterocycles. The fourth-order valence-corrected chi connectivity index (χ4v) is 5.92. The third-order valence-electron chi connectivity index (χ3n) is 6.04. The minimum Gasteiger partial charge on any atom is -0.396 e. The zero-order valence-corrected chi connectivity index (χ0v) is 16.4. The molecule has 1 atom stereocenters. The van der Waals surface area contributed by atoms with Crippen molar-refractivity contribution in [3.63, 3.8) is 0 Å². The maximum absolute atomic E-state index is 15.2. The van der Waals surface area contributed by atoms with Gasteiger partial charge < -0.3 is 5.11 Å². The van der Waals surface area contributed by atoms with Gasteiger partial charge in [0.05, 0.1) is 10.9 Å². The number of aryl methyl sites for hydroxylation is 2. The monoisotopic (exact) mass is 400 g/mol. The highest BCUT2D eigenvalue weighted by Crippen LogP contribution is 2.44. The molecule has 3 aromatic rings. The van der Waals surface area contributed by atoms with Crippen molar-refractivity contribution in [2.24, 2.45) is 0 Å². The molecule has 0 aliphatic heterocycles. The van der Waals surface area contributed by atoms with Crippen molar-refractivity contribution in [2.75, 3.05) is 6.61 Å². The molecule has 2 heterocycles. The number of hydrogen-bond acceptors (Lipinski definition) is 4. The topological polar surface area (TPSA) is 75.1 Å². The van der Waals surface area contributed by atoms with Crippen molar-refractivity contribution < 1.29 is 9.50 Å². The lowest BCUT2D eigenvalue weighted by Crippen LogP contribution is -2.30. The van der Waals surface area contributed by atoms with Gasteiger partial charge >= 0.3 is 5.69 Å². The molecule has 0 spiro atoms. The number of rotatable bonds is 3. The molecule has 2 aromatic heterocycles. The number of nitrogens with one attached hydrogen (secondary N) is 1. The normalized spacial score (nSPS) is 19.2. The summed E-state index contributed by atoms with van der Waals surface area (Å²) in [5, 5.41) is 9.91. The molecule has 2 aliphatic rings. The number of benzene rings is 1. The quantitative estimate of drug-likeness (QED) is 0.705. The van der Waals surface area contributed by atoms with Gasteiger partial charge in [-0.1, -0.05) is 0 Å². The Morgan fingerprint density at radius 2 is 2.07 bits per heavy atom. The molecule has 7 heteroatoms. The molecule has 0 bridgehead atoms. The Labute approximate surface area is 164 Å². The van der Waals surface area contributed by atoms with Crippen molar-refractivity contribution in [2.45, 2.75) is 51.0 Å². The van der Waals surface area contributed by atoms with E-state index in [1.54, 1.807) is 22.8 Å². The van der Waals surface area contributed by atoms with E-state index in [2.05, 4.69) is 4.98 Å². The highest BCUT2D eigenvalue weighted by atomic mass is 32.1. The minimum absolute atomic E-state index is 0.0687. The van der Waals surface area contributed by atoms with E-state index in [1.807, 2.05) is 6.07 Å². The Hall–Kier alpha value is -2.25. The number of halogens is 1. The van der Waals surface area contributed by atoms with Gasteiger partial charge in [0, 0.05) is 33.9 Å². The zero-order chi connectivity index (χ0) is 19.6. The SMILES string of the molecule is Cc1c(-c2cc3c(s2)CCCC3CO)c(F)cc2c(=O)[nH]c(=O)n(C3CC3)c12. The van der Waals surface area contributed by atoms with Crippen LogP contribution in [0.1, 0.15) is 53.6 Å². The second-order valence-electron chi connectivity index (χ2n) is 7.88.